The van der Waals surface area contributed by atoms with E-state index in [-0.39, 0.29) is 0 Å². The predicted octanol–water partition coefficient (Wildman–Crippen LogP) is 4.87. The minimum atomic E-state index is -1.81. The monoisotopic (exact) mass is 381 g/mol. The van der Waals surface area contributed by atoms with Gasteiger partial charge in [-0.2, -0.15) is 5.10 Å². The van der Waals surface area contributed by atoms with Crippen molar-refractivity contribution in [3.05, 3.63) is 0 Å². The third-order valence-electron chi connectivity index (χ3n) is 2.96. The van der Waals surface area contributed by atoms with Crippen molar-refractivity contribution in [2.24, 2.45) is 11.0 Å². The molecule has 0 aromatic rings. The topological polar surface area (TPSA) is 18.8 Å². The molecule has 0 saturated heterocycles. The van der Waals surface area contributed by atoms with E-state index in [1.54, 1.807) is 11.3 Å². The standard InChI is InChI=1S/C12H20Cl5N3/c1-4-5-6-20-10(11(13,14)12(15,16)17)19(8-18-20)7-9(2)3/h8-10H,4-7H2,1-3H3. The van der Waals surface area contributed by atoms with Gasteiger partial charge in [-0.1, -0.05) is 85.2 Å². The van der Waals surface area contributed by atoms with Crippen molar-refractivity contribution in [3.8, 4) is 0 Å². The van der Waals surface area contributed by atoms with E-state index in [0.29, 0.717) is 12.5 Å². The van der Waals surface area contributed by atoms with Gasteiger partial charge in [0.05, 0.1) is 0 Å². The summed E-state index contributed by atoms with van der Waals surface area (Å²) in [6.45, 7) is 7.75. The van der Waals surface area contributed by atoms with E-state index in [2.05, 4.69) is 25.9 Å². The van der Waals surface area contributed by atoms with Gasteiger partial charge in [-0.15, -0.1) is 0 Å². The van der Waals surface area contributed by atoms with Crippen LogP contribution in [0.4, 0.5) is 0 Å². The van der Waals surface area contributed by atoms with Gasteiger partial charge in [-0.25, -0.2) is 0 Å². The summed E-state index contributed by atoms with van der Waals surface area (Å²) in [6.07, 6.45) is 3.23. The fourth-order valence-corrected chi connectivity index (χ4v) is 2.81. The summed E-state index contributed by atoms with van der Waals surface area (Å²) in [7, 11) is 0. The fourth-order valence-electron chi connectivity index (χ4n) is 2.04. The summed E-state index contributed by atoms with van der Waals surface area (Å²) in [5.74, 6) is 0.412. The molecule has 8 heteroatoms. The zero-order valence-electron chi connectivity index (χ0n) is 11.8. The number of rotatable bonds is 6. The first kappa shape index (κ1) is 18.8. The van der Waals surface area contributed by atoms with Crippen LogP contribution in [0.2, 0.25) is 0 Å². The second-order valence-corrected chi connectivity index (χ2v) is 9.00. The Balaban J connectivity index is 2.97. The van der Waals surface area contributed by atoms with Crippen LogP contribution >= 0.6 is 58.0 Å². The second kappa shape index (κ2) is 7.32. The lowest BCUT2D eigenvalue weighted by molar-refractivity contribution is 0.107. The molecular formula is C12H20Cl5N3. The van der Waals surface area contributed by atoms with Crippen molar-refractivity contribution in [1.29, 1.82) is 0 Å². The van der Waals surface area contributed by atoms with E-state index in [9.17, 15) is 0 Å². The number of alkyl halides is 5. The molecule has 1 atom stereocenters. The molecule has 0 saturated carbocycles. The lowest BCUT2D eigenvalue weighted by atomic mass is 10.2. The first-order valence-electron chi connectivity index (χ1n) is 6.62. The summed E-state index contributed by atoms with van der Waals surface area (Å²) in [4.78, 5) is 1.93. The number of nitrogens with zero attached hydrogens (tertiary/aromatic N) is 3. The van der Waals surface area contributed by atoms with Gasteiger partial charge in [0.25, 0.3) is 0 Å². The third kappa shape index (κ3) is 4.36. The number of hydrazone groups is 1. The smallest absolute Gasteiger partial charge is 0.227 e. The highest BCUT2D eigenvalue weighted by Crippen LogP contribution is 2.50. The molecule has 0 spiro atoms. The van der Waals surface area contributed by atoms with E-state index in [1.807, 2.05) is 4.90 Å². The maximum atomic E-state index is 6.38. The molecule has 1 rings (SSSR count). The van der Waals surface area contributed by atoms with E-state index >= 15 is 0 Å². The Kier molecular flexibility index (Phi) is 6.87. The summed E-state index contributed by atoms with van der Waals surface area (Å²) < 4.78 is -3.40. The lowest BCUT2D eigenvalue weighted by Gasteiger charge is -2.42. The average molecular weight is 384 g/mol. The normalized spacial score (nSPS) is 20.4. The van der Waals surface area contributed by atoms with Crippen LogP contribution < -0.4 is 0 Å². The molecule has 1 unspecified atom stereocenters. The Morgan fingerprint density at radius 1 is 1.20 bits per heavy atom. The molecule has 1 heterocycles. The van der Waals surface area contributed by atoms with Gasteiger partial charge in [0.2, 0.25) is 8.13 Å². The summed E-state index contributed by atoms with van der Waals surface area (Å²) in [6, 6.07) is 0. The molecular weight excluding hydrogens is 363 g/mol. The molecule has 1 aliphatic rings. The Morgan fingerprint density at radius 2 is 1.80 bits per heavy atom. The number of halogens is 5. The molecule has 0 bridgehead atoms. The molecule has 20 heavy (non-hydrogen) atoms. The van der Waals surface area contributed by atoms with Crippen molar-refractivity contribution in [3.63, 3.8) is 0 Å². The van der Waals surface area contributed by atoms with Crippen LogP contribution in [0.5, 0.6) is 0 Å². The quantitative estimate of drug-likeness (QED) is 0.609. The molecule has 0 aromatic heterocycles. The Bertz CT molecular complexity index is 340. The lowest BCUT2D eigenvalue weighted by Crippen LogP contribution is -2.57. The van der Waals surface area contributed by atoms with E-state index in [1.165, 1.54) is 0 Å². The molecule has 0 N–H and O–H groups in total. The van der Waals surface area contributed by atoms with Crippen molar-refractivity contribution in [1.82, 2.24) is 9.91 Å². The first-order valence-corrected chi connectivity index (χ1v) is 8.51. The van der Waals surface area contributed by atoms with Gasteiger partial charge in [0.1, 0.15) is 6.34 Å². The van der Waals surface area contributed by atoms with Crippen LogP contribution in [0.3, 0.4) is 0 Å². The molecule has 1 aliphatic heterocycles. The molecule has 118 valence electrons. The molecule has 0 amide bonds. The number of unbranched alkanes of at least 4 members (excludes halogenated alkanes) is 1. The SMILES string of the molecule is CCCCN1N=CN(CC(C)C)C1C(Cl)(Cl)C(Cl)(Cl)Cl. The van der Waals surface area contributed by atoms with Crippen molar-refractivity contribution >= 4 is 64.3 Å². The fraction of sp³-hybridized carbons (Fsp3) is 0.917. The summed E-state index contributed by atoms with van der Waals surface area (Å²) >= 11 is 30.6. The highest BCUT2D eigenvalue weighted by molar-refractivity contribution is 6.75. The molecule has 3 nitrogen and oxygen atoms in total. The molecule has 0 aromatic carbocycles. The summed E-state index contributed by atoms with van der Waals surface area (Å²) in [5, 5.41) is 6.16. The third-order valence-corrected chi connectivity index (χ3v) is 5.40. The van der Waals surface area contributed by atoms with Crippen LogP contribution in [-0.4, -0.2) is 43.6 Å². The molecule has 0 radical (unpaired) electrons. The van der Waals surface area contributed by atoms with Crippen molar-refractivity contribution in [2.45, 2.75) is 47.9 Å². The van der Waals surface area contributed by atoms with Crippen LogP contribution in [0.15, 0.2) is 5.10 Å². The second-order valence-electron chi connectivity index (χ2n) is 5.33. The van der Waals surface area contributed by atoms with Crippen LogP contribution in [0.25, 0.3) is 0 Å². The molecule has 0 aliphatic carbocycles. The Labute approximate surface area is 146 Å². The zero-order chi connectivity index (χ0) is 15.6. The summed E-state index contributed by atoms with van der Waals surface area (Å²) in [5.41, 5.74) is 0. The van der Waals surface area contributed by atoms with Crippen LogP contribution in [-0.2, 0) is 0 Å². The van der Waals surface area contributed by atoms with Gasteiger partial charge < -0.3 is 4.90 Å². The van der Waals surface area contributed by atoms with Gasteiger partial charge in [0, 0.05) is 13.1 Å². The molecule has 0 fully saturated rings. The predicted molar refractivity (Wildman–Crippen MR) is 90.2 cm³/mol. The van der Waals surface area contributed by atoms with E-state index in [0.717, 1.165) is 19.4 Å². The number of hydrogen-bond acceptors (Lipinski definition) is 3. The minimum absolute atomic E-state index is 0.412. The largest absolute Gasteiger partial charge is 0.337 e. The van der Waals surface area contributed by atoms with Crippen LogP contribution in [0.1, 0.15) is 33.6 Å². The van der Waals surface area contributed by atoms with Gasteiger partial charge in [0.15, 0.2) is 6.17 Å². The number of hydrogen-bond donors (Lipinski definition) is 0. The Morgan fingerprint density at radius 3 is 2.25 bits per heavy atom. The highest BCUT2D eigenvalue weighted by Gasteiger charge is 2.57. The van der Waals surface area contributed by atoms with Gasteiger partial charge >= 0.3 is 0 Å². The highest BCUT2D eigenvalue weighted by atomic mass is 35.6. The van der Waals surface area contributed by atoms with Gasteiger partial charge in [-0.3, -0.25) is 5.01 Å². The minimum Gasteiger partial charge on any atom is -0.337 e. The average Bonchev–Trinajstić information content (AvgIpc) is 2.67. The zero-order valence-corrected chi connectivity index (χ0v) is 15.6. The van der Waals surface area contributed by atoms with E-state index < -0.39 is 14.3 Å². The maximum absolute atomic E-state index is 6.38. The van der Waals surface area contributed by atoms with Crippen LogP contribution in [0, 0.1) is 5.92 Å². The van der Waals surface area contributed by atoms with Gasteiger partial charge in [-0.05, 0) is 12.3 Å². The van der Waals surface area contributed by atoms with Crippen molar-refractivity contribution < 1.29 is 0 Å². The van der Waals surface area contributed by atoms with E-state index in [4.69, 9.17) is 58.0 Å². The first-order chi connectivity index (χ1) is 9.11. The Hall–Kier alpha value is 0.720. The maximum Gasteiger partial charge on any atom is 0.227 e. The van der Waals surface area contributed by atoms with Crippen molar-refractivity contribution in [2.75, 3.05) is 13.1 Å².